The van der Waals surface area contributed by atoms with Crippen molar-refractivity contribution >= 4 is 34.5 Å². The number of alkyl halides is 1. The van der Waals surface area contributed by atoms with Crippen molar-refractivity contribution in [3.8, 4) is 12.3 Å². The molecule has 0 amide bonds. The summed E-state index contributed by atoms with van der Waals surface area (Å²) in [5, 5.41) is 20.6. The van der Waals surface area contributed by atoms with Crippen molar-refractivity contribution in [3.63, 3.8) is 0 Å². The molecular formula is C7H5INa2O4. The zero-order valence-corrected chi connectivity index (χ0v) is 14.2. The van der Waals surface area contributed by atoms with Crippen LogP contribution >= 0.6 is 22.6 Å². The second-order valence-electron chi connectivity index (χ2n) is 2.18. The van der Waals surface area contributed by atoms with Crippen LogP contribution in [0.3, 0.4) is 0 Å². The molecule has 0 bridgehead atoms. The zero-order chi connectivity index (χ0) is 9.78. The molecule has 7 heteroatoms. The molecule has 0 aromatic heterocycles. The molecule has 0 spiro atoms. The number of rotatable bonds is 4. The van der Waals surface area contributed by atoms with E-state index >= 15 is 0 Å². The number of hydrogen-bond donors (Lipinski definition) is 0. The quantitative estimate of drug-likeness (QED) is 0.222. The number of carbonyl (C=O) groups excluding carboxylic acids is 2. The van der Waals surface area contributed by atoms with Crippen LogP contribution in [-0.4, -0.2) is 15.4 Å². The van der Waals surface area contributed by atoms with Crippen LogP contribution in [-0.2, 0) is 9.59 Å². The van der Waals surface area contributed by atoms with Crippen molar-refractivity contribution in [3.05, 3.63) is 0 Å². The zero-order valence-electron chi connectivity index (χ0n) is 8.00. The molecule has 0 rings (SSSR count). The molecule has 4 nitrogen and oxygen atoms in total. The summed E-state index contributed by atoms with van der Waals surface area (Å²) in [6.45, 7) is 0. The third-order valence-corrected chi connectivity index (χ3v) is 2.38. The monoisotopic (exact) mass is 326 g/mol. The molecule has 0 aliphatic rings. The van der Waals surface area contributed by atoms with Crippen molar-refractivity contribution < 1.29 is 78.9 Å². The number of halogens is 1. The van der Waals surface area contributed by atoms with Crippen LogP contribution in [0.4, 0.5) is 0 Å². The number of carbonyl (C=O) groups is 2. The summed E-state index contributed by atoms with van der Waals surface area (Å²) in [7, 11) is 0. The van der Waals surface area contributed by atoms with Gasteiger partial charge in [0.2, 0.25) is 0 Å². The maximum atomic E-state index is 10.4. The van der Waals surface area contributed by atoms with Gasteiger partial charge in [0.25, 0.3) is 0 Å². The summed E-state index contributed by atoms with van der Waals surface area (Å²) in [6, 6.07) is 0. The number of hydrogen-bond acceptors (Lipinski definition) is 4. The Balaban J connectivity index is -0.000000605. The standard InChI is InChI=1S/C7H7IO4.2Na/c1-2-3-7(8,6(11)12)4-5(9)10;;/h1H,3-4H2,(H,9,10)(H,11,12);;/q;2*+1/p-2. The molecule has 1 atom stereocenters. The summed E-state index contributed by atoms with van der Waals surface area (Å²) in [5.41, 5.74) is 0. The van der Waals surface area contributed by atoms with Crippen molar-refractivity contribution in [2.45, 2.75) is 16.3 Å². The summed E-state index contributed by atoms with van der Waals surface area (Å²) in [4.78, 5) is 20.6. The first-order valence-corrected chi connectivity index (χ1v) is 4.04. The van der Waals surface area contributed by atoms with Crippen molar-refractivity contribution in [2.75, 3.05) is 0 Å². The van der Waals surface area contributed by atoms with E-state index in [1.807, 2.05) is 0 Å². The van der Waals surface area contributed by atoms with Gasteiger partial charge in [-0.2, -0.15) is 0 Å². The molecule has 0 heterocycles. The second-order valence-corrected chi connectivity index (χ2v) is 4.25. The molecule has 0 N–H and O–H groups in total. The Hall–Kier alpha value is 1.23. The van der Waals surface area contributed by atoms with Crippen molar-refractivity contribution in [1.82, 2.24) is 0 Å². The minimum atomic E-state index is -1.55. The molecule has 0 saturated heterocycles. The van der Waals surface area contributed by atoms with Crippen molar-refractivity contribution in [1.29, 1.82) is 0 Å². The first-order valence-electron chi connectivity index (χ1n) is 2.96. The van der Waals surface area contributed by atoms with Gasteiger partial charge in [0.15, 0.2) is 0 Å². The van der Waals surface area contributed by atoms with E-state index in [1.54, 1.807) is 0 Å². The van der Waals surface area contributed by atoms with Crippen LogP contribution in [0.25, 0.3) is 0 Å². The van der Waals surface area contributed by atoms with Crippen LogP contribution in [0.2, 0.25) is 0 Å². The van der Waals surface area contributed by atoms with E-state index in [2.05, 4.69) is 5.92 Å². The predicted octanol–water partition coefficient (Wildman–Crippen LogP) is -7.92. The van der Waals surface area contributed by atoms with Crippen LogP contribution in [0.1, 0.15) is 12.8 Å². The molecule has 0 fully saturated rings. The van der Waals surface area contributed by atoms with Gasteiger partial charge in [-0.3, -0.25) is 0 Å². The van der Waals surface area contributed by atoms with Gasteiger partial charge < -0.3 is 19.8 Å². The molecule has 0 saturated carbocycles. The number of carboxylic acids is 2. The third kappa shape index (κ3) is 7.51. The Morgan fingerprint density at radius 3 is 2.00 bits per heavy atom. The van der Waals surface area contributed by atoms with Crippen LogP contribution in [0.15, 0.2) is 0 Å². The maximum Gasteiger partial charge on any atom is 1.00 e. The predicted molar refractivity (Wildman–Crippen MR) is 44.8 cm³/mol. The first-order chi connectivity index (χ1) is 5.42. The smallest absolute Gasteiger partial charge is 0.550 e. The molecule has 1 unspecified atom stereocenters. The Labute approximate surface area is 140 Å². The van der Waals surface area contributed by atoms with Gasteiger partial charge >= 0.3 is 59.1 Å². The average Bonchev–Trinajstić information content (AvgIpc) is 1.85. The Morgan fingerprint density at radius 2 is 1.79 bits per heavy atom. The summed E-state index contributed by atoms with van der Waals surface area (Å²) in [6.07, 6.45) is 4.04. The van der Waals surface area contributed by atoms with Gasteiger partial charge in [0, 0.05) is 18.8 Å². The van der Waals surface area contributed by atoms with E-state index in [-0.39, 0.29) is 65.5 Å². The molecule has 66 valence electrons. The third-order valence-electron chi connectivity index (χ3n) is 1.17. The van der Waals surface area contributed by atoms with Gasteiger partial charge in [0.1, 0.15) is 0 Å². The number of terminal acetylenes is 1. The molecule has 0 radical (unpaired) electrons. The molecular weight excluding hydrogens is 321 g/mol. The van der Waals surface area contributed by atoms with E-state index in [0.717, 1.165) is 0 Å². The van der Waals surface area contributed by atoms with Gasteiger partial charge in [-0.05, 0) is 0 Å². The molecule has 0 aliphatic carbocycles. The van der Waals surface area contributed by atoms with Gasteiger partial charge in [-0.15, -0.1) is 12.3 Å². The Kier molecular flexibility index (Phi) is 13.9. The van der Waals surface area contributed by atoms with Crippen LogP contribution in [0, 0.1) is 12.3 Å². The Morgan fingerprint density at radius 1 is 1.36 bits per heavy atom. The topological polar surface area (TPSA) is 80.3 Å². The minimum absolute atomic E-state index is 0. The van der Waals surface area contributed by atoms with E-state index in [1.165, 1.54) is 22.6 Å². The normalized spacial score (nSPS) is 12.3. The summed E-state index contributed by atoms with van der Waals surface area (Å²) >= 11 is 1.45. The van der Waals surface area contributed by atoms with Crippen LogP contribution in [0.5, 0.6) is 0 Å². The van der Waals surface area contributed by atoms with Crippen molar-refractivity contribution in [2.24, 2.45) is 0 Å². The SMILES string of the molecule is C#CCC(I)(CC(=O)[O-])C(=O)[O-].[Na+].[Na+]. The van der Waals surface area contributed by atoms with Gasteiger partial charge in [-0.1, -0.05) is 22.6 Å². The molecule has 0 aromatic carbocycles. The van der Waals surface area contributed by atoms with Gasteiger partial charge in [-0.25, -0.2) is 0 Å². The van der Waals surface area contributed by atoms with E-state index < -0.39 is 21.8 Å². The summed E-state index contributed by atoms with van der Waals surface area (Å²) < 4.78 is -1.55. The summed E-state index contributed by atoms with van der Waals surface area (Å²) in [5.74, 6) is -0.860. The molecule has 0 aliphatic heterocycles. The minimum Gasteiger partial charge on any atom is -0.550 e. The Bertz CT molecular complexity index is 251. The first kappa shape index (κ1) is 20.6. The van der Waals surface area contributed by atoms with E-state index in [0.29, 0.717) is 0 Å². The maximum absolute atomic E-state index is 10.4. The van der Waals surface area contributed by atoms with E-state index in [9.17, 15) is 19.8 Å². The van der Waals surface area contributed by atoms with Crippen LogP contribution < -0.4 is 69.3 Å². The average molecular weight is 326 g/mol. The molecule has 0 aromatic rings. The van der Waals surface area contributed by atoms with E-state index in [4.69, 9.17) is 6.42 Å². The fourth-order valence-corrected chi connectivity index (χ4v) is 1.13. The number of aliphatic carboxylic acids is 2. The number of carboxylic acid groups (broad SMARTS) is 2. The molecule has 14 heavy (non-hydrogen) atoms. The fraction of sp³-hybridized carbons (Fsp3) is 0.429. The fourth-order valence-electron chi connectivity index (χ4n) is 0.597. The largest absolute Gasteiger partial charge is 1.00 e. The van der Waals surface area contributed by atoms with Gasteiger partial charge in [0.05, 0.1) is 9.39 Å². The second kappa shape index (κ2) is 9.46.